The van der Waals surface area contributed by atoms with Crippen molar-refractivity contribution in [2.24, 2.45) is 0 Å². The van der Waals surface area contributed by atoms with Crippen molar-refractivity contribution in [1.82, 2.24) is 25.1 Å². The number of hydrogen-bond acceptors (Lipinski definition) is 8. The summed E-state index contributed by atoms with van der Waals surface area (Å²) in [5, 5.41) is 3.62. The molecule has 2 aliphatic heterocycles. The Morgan fingerprint density at radius 1 is 0.919 bits per heavy atom. The number of aromatic nitrogens is 2. The first-order valence-electron chi connectivity index (χ1n) is 13.1. The first kappa shape index (κ1) is 25.4. The number of nitrogens with one attached hydrogen (secondary N) is 1. The largest absolute Gasteiger partial charge is 0.481 e. The first-order valence-corrected chi connectivity index (χ1v) is 13.1. The van der Waals surface area contributed by atoms with Gasteiger partial charge in [-0.15, -0.1) is 0 Å². The summed E-state index contributed by atoms with van der Waals surface area (Å²) in [7, 11) is 3.27. The van der Waals surface area contributed by atoms with Gasteiger partial charge < -0.3 is 19.5 Å². The zero-order valence-electron chi connectivity index (χ0n) is 22.0. The molecule has 2 fully saturated rings. The van der Waals surface area contributed by atoms with Crippen molar-refractivity contribution in [2.75, 3.05) is 53.6 Å². The summed E-state index contributed by atoms with van der Waals surface area (Å²) in [5.41, 5.74) is 3.54. The third-order valence-electron chi connectivity index (χ3n) is 7.39. The molecule has 2 atom stereocenters. The number of methoxy groups -OCH3 is 2. The zero-order chi connectivity index (χ0) is 25.6. The highest BCUT2D eigenvalue weighted by atomic mass is 16.5. The Labute approximate surface area is 219 Å². The molecule has 2 aromatic carbocycles. The number of benzene rings is 2. The Morgan fingerprint density at radius 3 is 2.11 bits per heavy atom. The molecule has 1 aromatic heterocycles. The van der Waals surface area contributed by atoms with Gasteiger partial charge in [-0.3, -0.25) is 9.80 Å². The van der Waals surface area contributed by atoms with Crippen LogP contribution in [0.25, 0.3) is 0 Å². The highest BCUT2D eigenvalue weighted by Gasteiger charge is 2.41. The third kappa shape index (κ3) is 5.56. The normalized spacial score (nSPS) is 20.4. The van der Waals surface area contributed by atoms with Crippen LogP contribution in [0.15, 0.2) is 60.7 Å². The fraction of sp³-hybridized carbons (Fsp3) is 0.448. The van der Waals surface area contributed by atoms with Crippen LogP contribution in [0.4, 0.5) is 0 Å². The van der Waals surface area contributed by atoms with Crippen molar-refractivity contribution in [2.45, 2.75) is 31.5 Å². The number of ether oxygens (including phenoxy) is 3. The van der Waals surface area contributed by atoms with Crippen LogP contribution in [0.1, 0.15) is 29.5 Å². The van der Waals surface area contributed by atoms with Crippen molar-refractivity contribution >= 4 is 0 Å². The first-order chi connectivity index (χ1) is 18.2. The Bertz CT molecular complexity index is 1080. The molecule has 0 unspecified atom stereocenters. The van der Waals surface area contributed by atoms with E-state index in [2.05, 4.69) is 85.7 Å². The molecule has 8 heteroatoms. The van der Waals surface area contributed by atoms with Crippen LogP contribution in [0, 0.1) is 0 Å². The maximum atomic E-state index is 5.68. The van der Waals surface area contributed by atoms with E-state index in [0.717, 1.165) is 38.3 Å². The van der Waals surface area contributed by atoms with Crippen molar-refractivity contribution < 1.29 is 14.2 Å². The van der Waals surface area contributed by atoms with Gasteiger partial charge in [0.25, 0.3) is 0 Å². The van der Waals surface area contributed by atoms with Crippen LogP contribution < -0.4 is 19.5 Å². The third-order valence-corrected chi connectivity index (χ3v) is 7.39. The van der Waals surface area contributed by atoms with E-state index in [9.17, 15) is 0 Å². The minimum atomic E-state index is 0.256. The van der Waals surface area contributed by atoms with Crippen molar-refractivity contribution in [1.29, 1.82) is 0 Å². The lowest BCUT2D eigenvalue weighted by atomic mass is 9.81. The summed E-state index contributed by atoms with van der Waals surface area (Å²) < 4.78 is 16.9. The van der Waals surface area contributed by atoms with Gasteiger partial charge in [0.1, 0.15) is 0 Å². The van der Waals surface area contributed by atoms with E-state index in [1.165, 1.54) is 11.1 Å². The molecule has 2 aliphatic rings. The smallest absolute Gasteiger partial charge is 0.323 e. The molecule has 0 radical (unpaired) electrons. The van der Waals surface area contributed by atoms with Crippen LogP contribution in [0.2, 0.25) is 0 Å². The Balaban J connectivity index is 1.50. The molecule has 3 aromatic rings. The fourth-order valence-electron chi connectivity index (χ4n) is 5.82. The molecule has 0 spiro atoms. The predicted octanol–water partition coefficient (Wildman–Crippen LogP) is 3.18. The molecule has 0 amide bonds. The Morgan fingerprint density at radius 2 is 1.54 bits per heavy atom. The lowest BCUT2D eigenvalue weighted by Crippen LogP contribution is -2.66. The summed E-state index contributed by atoms with van der Waals surface area (Å²) >= 11 is 0. The summed E-state index contributed by atoms with van der Waals surface area (Å²) in [6.45, 7) is 7.89. The van der Waals surface area contributed by atoms with Gasteiger partial charge in [0.15, 0.2) is 0 Å². The number of rotatable bonds is 9. The molecule has 3 heterocycles. The van der Waals surface area contributed by atoms with Gasteiger partial charge >= 0.3 is 6.01 Å². The SMILES string of the molecule is CCOc1nc(OC)c(CN2C[C@H]3CNCCN3[C@H](C(c3ccccc3)c3ccccc3)C2)c(OC)n1. The average Bonchev–Trinajstić information content (AvgIpc) is 2.95. The van der Waals surface area contributed by atoms with Crippen LogP contribution >= 0.6 is 0 Å². The van der Waals surface area contributed by atoms with E-state index in [-0.39, 0.29) is 11.9 Å². The van der Waals surface area contributed by atoms with Crippen molar-refractivity contribution in [3.8, 4) is 17.8 Å². The maximum Gasteiger partial charge on any atom is 0.323 e. The summed E-state index contributed by atoms with van der Waals surface area (Å²) in [6, 6.07) is 22.8. The minimum Gasteiger partial charge on any atom is -0.481 e. The maximum absolute atomic E-state index is 5.68. The van der Waals surface area contributed by atoms with E-state index in [1.54, 1.807) is 14.2 Å². The summed E-state index contributed by atoms with van der Waals surface area (Å²) in [4.78, 5) is 14.2. The van der Waals surface area contributed by atoms with Crippen LogP contribution in [0.3, 0.4) is 0 Å². The van der Waals surface area contributed by atoms with Gasteiger partial charge in [0.05, 0.1) is 26.4 Å². The van der Waals surface area contributed by atoms with Crippen LogP contribution in [-0.4, -0.2) is 85.4 Å². The van der Waals surface area contributed by atoms with Gasteiger partial charge in [0, 0.05) is 57.3 Å². The minimum absolute atomic E-state index is 0.256. The van der Waals surface area contributed by atoms with Crippen molar-refractivity contribution in [3.05, 3.63) is 77.4 Å². The molecule has 196 valence electrons. The number of fused-ring (bicyclic) bond motifs is 1. The molecule has 1 N–H and O–H groups in total. The molecule has 8 nitrogen and oxygen atoms in total. The molecule has 2 saturated heterocycles. The summed E-state index contributed by atoms with van der Waals surface area (Å²) in [5.74, 6) is 1.25. The van der Waals surface area contributed by atoms with E-state index >= 15 is 0 Å². The standard InChI is InChI=1S/C29H37N5O3/c1-4-37-29-31-27(35-2)24(28(32-29)36-3)19-33-18-23-17-30-15-16-34(23)25(20-33)26(21-11-7-5-8-12-21)22-13-9-6-10-14-22/h5-14,23,25-26,30H,4,15-20H2,1-3H3/t23-,25+/m1/s1. The highest BCUT2D eigenvalue weighted by Crippen LogP contribution is 2.36. The van der Waals surface area contributed by atoms with Crippen molar-refractivity contribution in [3.63, 3.8) is 0 Å². The number of piperazine rings is 2. The quantitative estimate of drug-likeness (QED) is 0.478. The molecular weight excluding hydrogens is 466 g/mol. The molecular formula is C29H37N5O3. The second kappa shape index (κ2) is 11.9. The second-order valence-electron chi connectivity index (χ2n) is 9.59. The summed E-state index contributed by atoms with van der Waals surface area (Å²) in [6.07, 6.45) is 0. The van der Waals surface area contributed by atoms with Gasteiger partial charge in [0.2, 0.25) is 11.8 Å². The topological polar surface area (TPSA) is 72.0 Å². The average molecular weight is 504 g/mol. The van der Waals surface area contributed by atoms with E-state index in [0.29, 0.717) is 37.0 Å². The molecule has 0 saturated carbocycles. The van der Waals surface area contributed by atoms with Gasteiger partial charge in [-0.1, -0.05) is 60.7 Å². The van der Waals surface area contributed by atoms with Crippen LogP contribution in [-0.2, 0) is 6.54 Å². The number of hydrogen-bond donors (Lipinski definition) is 1. The lowest BCUT2D eigenvalue weighted by molar-refractivity contribution is -0.00103. The van der Waals surface area contributed by atoms with Gasteiger partial charge in [-0.2, -0.15) is 9.97 Å². The van der Waals surface area contributed by atoms with Gasteiger partial charge in [-0.05, 0) is 18.1 Å². The molecule has 0 bridgehead atoms. The van der Waals surface area contributed by atoms with E-state index < -0.39 is 0 Å². The predicted molar refractivity (Wildman–Crippen MR) is 143 cm³/mol. The Kier molecular flexibility index (Phi) is 8.18. The van der Waals surface area contributed by atoms with Gasteiger partial charge in [-0.25, -0.2) is 0 Å². The van der Waals surface area contributed by atoms with Crippen LogP contribution in [0.5, 0.6) is 17.8 Å². The zero-order valence-corrected chi connectivity index (χ0v) is 22.0. The fourth-order valence-corrected chi connectivity index (χ4v) is 5.82. The lowest BCUT2D eigenvalue weighted by Gasteiger charge is -2.51. The monoisotopic (exact) mass is 503 g/mol. The molecule has 0 aliphatic carbocycles. The highest BCUT2D eigenvalue weighted by molar-refractivity contribution is 5.38. The number of nitrogens with zero attached hydrogens (tertiary/aromatic N) is 4. The van der Waals surface area contributed by atoms with E-state index in [4.69, 9.17) is 14.2 Å². The molecule has 5 rings (SSSR count). The Hall–Kier alpha value is -3.20. The van der Waals surface area contributed by atoms with E-state index in [1.807, 2.05) is 6.92 Å². The second-order valence-corrected chi connectivity index (χ2v) is 9.59. The molecule has 37 heavy (non-hydrogen) atoms.